The highest BCUT2D eigenvalue weighted by molar-refractivity contribution is 9.10. The van der Waals surface area contributed by atoms with E-state index in [0.29, 0.717) is 22.1 Å². The Morgan fingerprint density at radius 1 is 1.42 bits per heavy atom. The van der Waals surface area contributed by atoms with E-state index in [2.05, 4.69) is 31.2 Å². The second-order valence-corrected chi connectivity index (χ2v) is 4.74. The average molecular weight is 326 g/mol. The molecule has 0 saturated heterocycles. The fourth-order valence-corrected chi connectivity index (χ4v) is 1.87. The Kier molecular flexibility index (Phi) is 4.31. The summed E-state index contributed by atoms with van der Waals surface area (Å²) in [6.07, 6.45) is 1.68. The van der Waals surface area contributed by atoms with E-state index in [1.165, 1.54) is 12.1 Å². The van der Waals surface area contributed by atoms with Gasteiger partial charge in [0.25, 0.3) is 0 Å². The zero-order valence-electron chi connectivity index (χ0n) is 10.6. The summed E-state index contributed by atoms with van der Waals surface area (Å²) in [5.41, 5.74) is 0.804. The molecule has 0 aliphatic rings. The summed E-state index contributed by atoms with van der Waals surface area (Å²) >= 11 is 3.25. The Balaban J connectivity index is 2.29. The van der Waals surface area contributed by atoms with E-state index in [9.17, 15) is 4.39 Å². The molecule has 1 N–H and O–H groups in total. The maximum atomic E-state index is 13.0. The van der Waals surface area contributed by atoms with Crippen LogP contribution in [-0.4, -0.2) is 16.5 Å². The number of aromatic nitrogens is 2. The van der Waals surface area contributed by atoms with Crippen molar-refractivity contribution in [3.8, 4) is 11.6 Å². The number of halogens is 2. The molecule has 6 heteroatoms. The Hall–Kier alpha value is -1.69. The van der Waals surface area contributed by atoms with Gasteiger partial charge in [0.05, 0.1) is 4.47 Å². The van der Waals surface area contributed by atoms with Crippen LogP contribution in [0.2, 0.25) is 0 Å². The minimum Gasteiger partial charge on any atom is -0.437 e. The van der Waals surface area contributed by atoms with E-state index in [0.717, 1.165) is 12.1 Å². The first-order valence-corrected chi connectivity index (χ1v) is 6.60. The second-order valence-electron chi connectivity index (χ2n) is 3.89. The third kappa shape index (κ3) is 3.41. The molecule has 0 unspecified atom stereocenters. The molecule has 0 spiro atoms. The number of hydrogen-bond acceptors (Lipinski definition) is 4. The summed E-state index contributed by atoms with van der Waals surface area (Å²) in [5.74, 6) is 1.12. The fraction of sp³-hybridized carbons (Fsp3) is 0.231. The second kappa shape index (κ2) is 5.97. The topological polar surface area (TPSA) is 47.0 Å². The molecular formula is C13H13BrFN3O. The summed E-state index contributed by atoms with van der Waals surface area (Å²) in [6, 6.07) is 4.23. The van der Waals surface area contributed by atoms with E-state index >= 15 is 0 Å². The SMILES string of the molecule is CCNc1ncc(C)c(Oc2ccc(F)cc2Br)n1. The molecular weight excluding hydrogens is 313 g/mol. The lowest BCUT2D eigenvalue weighted by atomic mass is 10.3. The van der Waals surface area contributed by atoms with Crippen molar-refractivity contribution >= 4 is 21.9 Å². The molecule has 0 radical (unpaired) electrons. The van der Waals surface area contributed by atoms with E-state index in [1.807, 2.05) is 13.8 Å². The molecule has 1 aromatic heterocycles. The van der Waals surface area contributed by atoms with Gasteiger partial charge in [-0.05, 0) is 48.0 Å². The Morgan fingerprint density at radius 2 is 2.21 bits per heavy atom. The van der Waals surface area contributed by atoms with Crippen molar-refractivity contribution in [1.29, 1.82) is 0 Å². The Bertz CT molecular complexity index is 592. The number of nitrogens with one attached hydrogen (secondary N) is 1. The average Bonchev–Trinajstić information content (AvgIpc) is 2.37. The van der Waals surface area contributed by atoms with Crippen LogP contribution in [0, 0.1) is 12.7 Å². The zero-order chi connectivity index (χ0) is 13.8. The zero-order valence-corrected chi connectivity index (χ0v) is 12.2. The van der Waals surface area contributed by atoms with Crippen molar-refractivity contribution in [3.63, 3.8) is 0 Å². The Labute approximate surface area is 119 Å². The molecule has 0 atom stereocenters. The predicted molar refractivity (Wildman–Crippen MR) is 75.1 cm³/mol. The van der Waals surface area contributed by atoms with Crippen LogP contribution in [0.3, 0.4) is 0 Å². The Morgan fingerprint density at radius 3 is 2.89 bits per heavy atom. The first kappa shape index (κ1) is 13.7. The molecule has 100 valence electrons. The van der Waals surface area contributed by atoms with Crippen molar-refractivity contribution < 1.29 is 9.13 Å². The number of nitrogens with zero attached hydrogens (tertiary/aromatic N) is 2. The summed E-state index contributed by atoms with van der Waals surface area (Å²) in [7, 11) is 0. The number of anilines is 1. The van der Waals surface area contributed by atoms with Crippen molar-refractivity contribution in [1.82, 2.24) is 9.97 Å². The number of benzene rings is 1. The van der Waals surface area contributed by atoms with Crippen LogP contribution in [0.1, 0.15) is 12.5 Å². The van der Waals surface area contributed by atoms with Crippen LogP contribution >= 0.6 is 15.9 Å². The third-order valence-corrected chi connectivity index (χ3v) is 2.98. The molecule has 19 heavy (non-hydrogen) atoms. The molecule has 4 nitrogen and oxygen atoms in total. The largest absolute Gasteiger partial charge is 0.437 e. The molecule has 2 rings (SSSR count). The lowest BCUT2D eigenvalue weighted by Crippen LogP contribution is -2.03. The van der Waals surface area contributed by atoms with Crippen molar-refractivity contribution in [2.45, 2.75) is 13.8 Å². The van der Waals surface area contributed by atoms with Gasteiger partial charge in [-0.1, -0.05) is 0 Å². The number of hydrogen-bond donors (Lipinski definition) is 1. The highest BCUT2D eigenvalue weighted by Crippen LogP contribution is 2.30. The van der Waals surface area contributed by atoms with Gasteiger partial charge in [0.2, 0.25) is 11.8 Å². The molecule has 2 aromatic rings. The molecule has 0 bridgehead atoms. The van der Waals surface area contributed by atoms with Crippen LogP contribution < -0.4 is 10.1 Å². The molecule has 0 amide bonds. The first-order valence-electron chi connectivity index (χ1n) is 5.80. The molecule has 1 aromatic carbocycles. The van der Waals surface area contributed by atoms with Gasteiger partial charge in [-0.25, -0.2) is 9.37 Å². The lowest BCUT2D eigenvalue weighted by molar-refractivity contribution is 0.453. The predicted octanol–water partition coefficient (Wildman–Crippen LogP) is 3.91. The van der Waals surface area contributed by atoms with Gasteiger partial charge >= 0.3 is 0 Å². The molecule has 0 aliphatic heterocycles. The van der Waals surface area contributed by atoms with Gasteiger partial charge < -0.3 is 10.1 Å². The molecule has 1 heterocycles. The van der Waals surface area contributed by atoms with Gasteiger partial charge in [-0.2, -0.15) is 4.98 Å². The summed E-state index contributed by atoms with van der Waals surface area (Å²) < 4.78 is 19.2. The number of ether oxygens (including phenoxy) is 1. The van der Waals surface area contributed by atoms with Crippen molar-refractivity contribution in [2.75, 3.05) is 11.9 Å². The summed E-state index contributed by atoms with van der Waals surface area (Å²) in [4.78, 5) is 8.39. The lowest BCUT2D eigenvalue weighted by Gasteiger charge is -2.10. The van der Waals surface area contributed by atoms with Gasteiger partial charge in [-0.15, -0.1) is 0 Å². The monoisotopic (exact) mass is 325 g/mol. The first-order chi connectivity index (χ1) is 9.10. The van der Waals surface area contributed by atoms with Crippen LogP contribution in [0.5, 0.6) is 11.6 Å². The minimum absolute atomic E-state index is 0.327. The van der Waals surface area contributed by atoms with Gasteiger partial charge in [0, 0.05) is 18.3 Å². The van der Waals surface area contributed by atoms with Gasteiger partial charge in [-0.3, -0.25) is 0 Å². The quantitative estimate of drug-likeness (QED) is 0.925. The van der Waals surface area contributed by atoms with Gasteiger partial charge in [0.1, 0.15) is 11.6 Å². The maximum Gasteiger partial charge on any atom is 0.227 e. The van der Waals surface area contributed by atoms with E-state index in [4.69, 9.17) is 4.74 Å². The van der Waals surface area contributed by atoms with Crippen LogP contribution in [0.25, 0.3) is 0 Å². The maximum absolute atomic E-state index is 13.0. The van der Waals surface area contributed by atoms with Crippen LogP contribution in [0.15, 0.2) is 28.9 Å². The fourth-order valence-electron chi connectivity index (χ4n) is 1.44. The summed E-state index contributed by atoms with van der Waals surface area (Å²) in [6.45, 7) is 4.53. The smallest absolute Gasteiger partial charge is 0.227 e. The number of rotatable bonds is 4. The van der Waals surface area contributed by atoms with Crippen molar-refractivity contribution in [3.05, 3.63) is 40.2 Å². The summed E-state index contributed by atoms with van der Waals surface area (Å²) in [5, 5.41) is 3.01. The normalized spacial score (nSPS) is 10.3. The van der Waals surface area contributed by atoms with Crippen molar-refractivity contribution in [2.24, 2.45) is 0 Å². The minimum atomic E-state index is -0.327. The highest BCUT2D eigenvalue weighted by Gasteiger charge is 2.09. The number of aryl methyl sites for hydroxylation is 1. The standard InChI is InChI=1S/C13H13BrFN3O/c1-3-16-13-17-7-8(2)12(18-13)19-11-5-4-9(15)6-10(11)14/h4-7H,3H2,1-2H3,(H,16,17,18). The molecule has 0 fully saturated rings. The van der Waals surface area contributed by atoms with E-state index in [1.54, 1.807) is 12.3 Å². The highest BCUT2D eigenvalue weighted by atomic mass is 79.9. The molecule has 0 aliphatic carbocycles. The van der Waals surface area contributed by atoms with E-state index < -0.39 is 0 Å². The van der Waals surface area contributed by atoms with Crippen LogP contribution in [-0.2, 0) is 0 Å². The van der Waals surface area contributed by atoms with Gasteiger partial charge in [0.15, 0.2) is 0 Å². The van der Waals surface area contributed by atoms with Crippen LogP contribution in [0.4, 0.5) is 10.3 Å². The third-order valence-electron chi connectivity index (χ3n) is 2.36. The van der Waals surface area contributed by atoms with E-state index in [-0.39, 0.29) is 5.82 Å². The molecule has 0 saturated carbocycles.